The maximum Gasteiger partial charge on any atom is 0.573 e. The first-order valence-corrected chi connectivity index (χ1v) is 6.86. The summed E-state index contributed by atoms with van der Waals surface area (Å²) in [6.45, 7) is 1.71. The predicted octanol–water partition coefficient (Wildman–Crippen LogP) is 2.33. The molecule has 1 aromatic rings. The van der Waals surface area contributed by atoms with Gasteiger partial charge in [0.2, 0.25) is 0 Å². The molecule has 0 N–H and O–H groups in total. The highest BCUT2D eigenvalue weighted by Crippen LogP contribution is 2.28. The first-order chi connectivity index (χ1) is 8.09. The molecule has 0 aromatic heterocycles. The third-order valence-electron chi connectivity index (χ3n) is 1.82. The monoisotopic (exact) mass is 290 g/mol. The summed E-state index contributed by atoms with van der Waals surface area (Å²) in [5.74, 6) is -1.43. The highest BCUT2D eigenvalue weighted by atomic mass is 28.2. The van der Waals surface area contributed by atoms with Crippen LogP contribution in [0.25, 0.3) is 0 Å². The molecule has 18 heavy (non-hydrogen) atoms. The standard InChI is InChI=1S/C9H8F6O2Si/c1-18-7-3-5(16-8(10,11)12)2-6(4-7)17-9(13,14)15/h2-4H,18H2,1H3. The van der Waals surface area contributed by atoms with Gasteiger partial charge in [-0.1, -0.05) is 11.7 Å². The van der Waals surface area contributed by atoms with Gasteiger partial charge in [-0.15, -0.1) is 26.3 Å². The van der Waals surface area contributed by atoms with Gasteiger partial charge in [-0.2, -0.15) is 0 Å². The van der Waals surface area contributed by atoms with E-state index in [2.05, 4.69) is 9.47 Å². The number of halogens is 6. The van der Waals surface area contributed by atoms with Crippen LogP contribution >= 0.6 is 0 Å². The summed E-state index contributed by atoms with van der Waals surface area (Å²) in [6, 6.07) is 2.67. The van der Waals surface area contributed by atoms with Gasteiger partial charge >= 0.3 is 12.7 Å². The van der Waals surface area contributed by atoms with Crippen LogP contribution < -0.4 is 14.7 Å². The summed E-state index contributed by atoms with van der Waals surface area (Å²) >= 11 is 0. The van der Waals surface area contributed by atoms with E-state index in [9.17, 15) is 26.3 Å². The molecule has 1 rings (SSSR count). The van der Waals surface area contributed by atoms with Crippen molar-refractivity contribution in [1.82, 2.24) is 0 Å². The zero-order valence-electron chi connectivity index (χ0n) is 9.02. The summed E-state index contributed by atoms with van der Waals surface area (Å²) in [6.07, 6.45) is -9.91. The maximum absolute atomic E-state index is 12.0. The number of benzene rings is 1. The zero-order chi connectivity index (χ0) is 14.0. The Bertz CT molecular complexity index is 380. The van der Waals surface area contributed by atoms with E-state index in [1.807, 2.05) is 0 Å². The van der Waals surface area contributed by atoms with Crippen molar-refractivity contribution in [1.29, 1.82) is 0 Å². The fraction of sp³-hybridized carbons (Fsp3) is 0.333. The van der Waals surface area contributed by atoms with Gasteiger partial charge in [-0.25, -0.2) is 0 Å². The van der Waals surface area contributed by atoms with Gasteiger partial charge in [0.25, 0.3) is 0 Å². The van der Waals surface area contributed by atoms with Crippen LogP contribution in [0.3, 0.4) is 0 Å². The van der Waals surface area contributed by atoms with E-state index < -0.39 is 33.7 Å². The van der Waals surface area contributed by atoms with Crippen LogP contribution in [0.1, 0.15) is 0 Å². The van der Waals surface area contributed by atoms with Gasteiger partial charge in [0.05, 0.1) is 9.52 Å². The molecule has 9 heteroatoms. The second-order valence-corrected chi connectivity index (χ2v) is 4.79. The molecule has 1 aromatic carbocycles. The van der Waals surface area contributed by atoms with Crippen molar-refractivity contribution in [3.05, 3.63) is 18.2 Å². The Kier molecular flexibility index (Phi) is 4.15. The van der Waals surface area contributed by atoms with Crippen LogP contribution in [0.15, 0.2) is 18.2 Å². The van der Waals surface area contributed by atoms with E-state index in [0.29, 0.717) is 11.3 Å². The molecule has 0 unspecified atom stereocenters. The van der Waals surface area contributed by atoms with Crippen molar-refractivity contribution in [3.8, 4) is 11.5 Å². The smallest absolute Gasteiger partial charge is 0.406 e. The molecular formula is C9H8F6O2Si. The summed E-state index contributed by atoms with van der Waals surface area (Å²) < 4.78 is 79.0. The zero-order valence-corrected chi connectivity index (χ0v) is 10.4. The van der Waals surface area contributed by atoms with Gasteiger partial charge in [-0.3, -0.25) is 0 Å². The van der Waals surface area contributed by atoms with E-state index >= 15 is 0 Å². The van der Waals surface area contributed by atoms with Crippen molar-refractivity contribution < 1.29 is 35.8 Å². The van der Waals surface area contributed by atoms with Crippen molar-refractivity contribution in [3.63, 3.8) is 0 Å². The largest absolute Gasteiger partial charge is 0.573 e. The minimum atomic E-state index is -4.95. The molecular weight excluding hydrogens is 282 g/mol. The highest BCUT2D eigenvalue weighted by Gasteiger charge is 2.33. The number of rotatable bonds is 3. The molecule has 0 saturated carbocycles. The molecule has 0 aliphatic rings. The first kappa shape index (κ1) is 14.7. The fourth-order valence-electron chi connectivity index (χ4n) is 1.22. The summed E-state index contributed by atoms with van der Waals surface area (Å²) in [4.78, 5) is 0. The lowest BCUT2D eigenvalue weighted by Gasteiger charge is -2.13. The van der Waals surface area contributed by atoms with Crippen LogP contribution in [0.2, 0.25) is 6.55 Å². The predicted molar refractivity (Wildman–Crippen MR) is 53.9 cm³/mol. The van der Waals surface area contributed by atoms with Crippen LogP contribution in [0.4, 0.5) is 26.3 Å². The molecule has 0 bridgehead atoms. The second-order valence-electron chi connectivity index (χ2n) is 3.26. The molecule has 0 spiro atoms. The topological polar surface area (TPSA) is 18.5 Å². The lowest BCUT2D eigenvalue weighted by atomic mass is 10.3. The van der Waals surface area contributed by atoms with Gasteiger partial charge < -0.3 is 9.47 Å². The lowest BCUT2D eigenvalue weighted by molar-refractivity contribution is -0.276. The molecule has 0 heterocycles. The molecule has 102 valence electrons. The summed E-state index contributed by atoms with van der Waals surface area (Å²) in [5.41, 5.74) is 0. The van der Waals surface area contributed by atoms with Crippen LogP contribution in [0.5, 0.6) is 11.5 Å². The molecule has 2 nitrogen and oxygen atoms in total. The summed E-state index contributed by atoms with van der Waals surface area (Å²) in [5, 5.41) is 0.371. The van der Waals surface area contributed by atoms with Gasteiger partial charge in [-0.05, 0) is 12.1 Å². The summed E-state index contributed by atoms with van der Waals surface area (Å²) in [7, 11) is -0.952. The quantitative estimate of drug-likeness (QED) is 0.628. The molecule has 0 saturated heterocycles. The third kappa shape index (κ3) is 5.30. The van der Waals surface area contributed by atoms with E-state index in [1.54, 1.807) is 6.55 Å². The Morgan fingerprint density at radius 3 is 1.50 bits per heavy atom. The van der Waals surface area contributed by atoms with Gasteiger partial charge in [0, 0.05) is 6.07 Å². The Hall–Kier alpha value is -1.38. The minimum Gasteiger partial charge on any atom is -0.406 e. The normalized spacial score (nSPS) is 13.1. The number of hydrogen-bond acceptors (Lipinski definition) is 2. The van der Waals surface area contributed by atoms with Gasteiger partial charge in [0.1, 0.15) is 11.5 Å². The molecule has 0 atom stereocenters. The molecule has 0 aliphatic heterocycles. The van der Waals surface area contributed by atoms with Crippen LogP contribution in [-0.4, -0.2) is 22.2 Å². The SMILES string of the molecule is C[SiH2]c1cc(OC(F)(F)F)cc(OC(F)(F)F)c1. The Morgan fingerprint density at radius 1 is 0.833 bits per heavy atom. The Morgan fingerprint density at radius 2 is 1.22 bits per heavy atom. The van der Waals surface area contributed by atoms with Crippen molar-refractivity contribution >= 4 is 14.7 Å². The number of ether oxygens (including phenoxy) is 2. The van der Waals surface area contributed by atoms with Crippen LogP contribution in [-0.2, 0) is 0 Å². The van der Waals surface area contributed by atoms with Crippen molar-refractivity contribution in [2.24, 2.45) is 0 Å². The fourth-order valence-corrected chi connectivity index (χ4v) is 2.03. The average Bonchev–Trinajstić information content (AvgIpc) is 2.11. The molecule has 0 radical (unpaired) electrons. The minimum absolute atomic E-state index is 0.371. The second kappa shape index (κ2) is 5.08. The average molecular weight is 290 g/mol. The first-order valence-electron chi connectivity index (χ1n) is 4.74. The molecule has 0 aliphatic carbocycles. The van der Waals surface area contributed by atoms with Crippen molar-refractivity contribution in [2.75, 3.05) is 0 Å². The van der Waals surface area contributed by atoms with E-state index in [1.165, 1.54) is 0 Å². The third-order valence-corrected chi connectivity index (χ3v) is 3.04. The van der Waals surface area contributed by atoms with E-state index in [-0.39, 0.29) is 0 Å². The molecule has 0 fully saturated rings. The maximum atomic E-state index is 12.0. The highest BCUT2D eigenvalue weighted by molar-refractivity contribution is 6.52. The number of hydrogen-bond donors (Lipinski definition) is 0. The number of alkyl halides is 6. The van der Waals surface area contributed by atoms with Gasteiger partial charge in [0.15, 0.2) is 0 Å². The van der Waals surface area contributed by atoms with Crippen LogP contribution in [0, 0.1) is 0 Å². The van der Waals surface area contributed by atoms with E-state index in [4.69, 9.17) is 0 Å². The van der Waals surface area contributed by atoms with E-state index in [0.717, 1.165) is 12.1 Å². The Balaban J connectivity index is 3.02. The van der Waals surface area contributed by atoms with Crippen molar-refractivity contribution in [2.45, 2.75) is 19.3 Å². The molecule has 0 amide bonds. The Labute approximate surface area is 100 Å². The lowest BCUT2D eigenvalue weighted by Crippen LogP contribution is -2.21.